The number of carbonyl (C=O) groups excluding carboxylic acids is 2. The van der Waals surface area contributed by atoms with E-state index < -0.39 is 12.1 Å². The highest BCUT2D eigenvalue weighted by Gasteiger charge is 2.50. The Kier molecular flexibility index (Phi) is 6.31. The van der Waals surface area contributed by atoms with Gasteiger partial charge in [-0.25, -0.2) is 0 Å². The van der Waals surface area contributed by atoms with Crippen LogP contribution in [0.2, 0.25) is 0 Å². The van der Waals surface area contributed by atoms with Crippen LogP contribution in [0.5, 0.6) is 5.75 Å². The largest absolute Gasteiger partial charge is 0.496 e. The van der Waals surface area contributed by atoms with Gasteiger partial charge >= 0.3 is 0 Å². The molecule has 3 aliphatic rings. The number of fused-ring (bicyclic) bond motifs is 4. The summed E-state index contributed by atoms with van der Waals surface area (Å²) >= 11 is 0. The Hall–Kier alpha value is -4.10. The number of piperazine rings is 1. The minimum atomic E-state index is -0.537. The number of H-pyrrole nitrogens is 1. The first-order valence-electron chi connectivity index (χ1n) is 14.2. The molecule has 0 radical (unpaired) electrons. The molecule has 4 aromatic rings. The number of hydrogen-bond acceptors (Lipinski definition) is 4. The van der Waals surface area contributed by atoms with Gasteiger partial charge in [0.1, 0.15) is 24.4 Å². The first kappa shape index (κ1) is 24.9. The van der Waals surface area contributed by atoms with Crippen LogP contribution in [0.15, 0.2) is 78.9 Å². The van der Waals surface area contributed by atoms with Crippen molar-refractivity contribution in [2.24, 2.45) is 0 Å². The highest BCUT2D eigenvalue weighted by molar-refractivity contribution is 5.98. The van der Waals surface area contributed by atoms with Gasteiger partial charge in [0.2, 0.25) is 11.8 Å². The number of hydrogen-bond donors (Lipinski definition) is 1. The number of rotatable bonds is 5. The molecule has 0 unspecified atom stereocenters. The molecule has 40 heavy (non-hydrogen) atoms. The third-order valence-corrected chi connectivity index (χ3v) is 8.97. The third-order valence-electron chi connectivity index (χ3n) is 8.97. The number of methoxy groups -OCH3 is 1. The molecule has 2 atom stereocenters. The van der Waals surface area contributed by atoms with Crippen molar-refractivity contribution < 1.29 is 14.3 Å². The van der Waals surface area contributed by atoms with E-state index in [1.807, 2.05) is 52.3 Å². The van der Waals surface area contributed by atoms with Crippen molar-refractivity contribution in [2.45, 2.75) is 43.9 Å². The molecule has 4 heterocycles. The summed E-state index contributed by atoms with van der Waals surface area (Å²) in [7, 11) is 1.65. The fourth-order valence-electron chi connectivity index (χ4n) is 7.04. The number of piperidine rings is 1. The maximum absolute atomic E-state index is 14.3. The van der Waals surface area contributed by atoms with Gasteiger partial charge in [-0.3, -0.25) is 14.5 Å². The van der Waals surface area contributed by atoms with E-state index in [-0.39, 0.29) is 24.4 Å². The Balaban J connectivity index is 1.20. The standard InChI is InChI=1S/C33H34N4O3/c1-40-29-14-8-6-12-25(29)32-31-26(24-11-5-7-13-27(24)34-31)19-28-33(39)36(21-30(38)37(28)32)23-15-17-35(18-16-23)20-22-9-3-2-4-10-22/h2-14,23,28,32,34H,15-21H2,1H3/t28-,32+/m0/s1. The molecule has 7 nitrogen and oxygen atoms in total. The highest BCUT2D eigenvalue weighted by Crippen LogP contribution is 2.45. The van der Waals surface area contributed by atoms with Gasteiger partial charge in [0, 0.05) is 54.3 Å². The summed E-state index contributed by atoms with van der Waals surface area (Å²) in [5.74, 6) is 0.777. The zero-order chi connectivity index (χ0) is 27.2. The maximum Gasteiger partial charge on any atom is 0.246 e. The normalized spacial score (nSPS) is 21.9. The van der Waals surface area contributed by atoms with E-state index in [1.165, 1.54) is 5.56 Å². The molecule has 0 spiro atoms. The van der Waals surface area contributed by atoms with E-state index in [4.69, 9.17) is 4.74 Å². The predicted octanol–water partition coefficient (Wildman–Crippen LogP) is 4.53. The van der Waals surface area contributed by atoms with Crippen molar-refractivity contribution in [3.8, 4) is 5.75 Å². The molecule has 2 fully saturated rings. The monoisotopic (exact) mass is 534 g/mol. The zero-order valence-electron chi connectivity index (χ0n) is 22.8. The lowest BCUT2D eigenvalue weighted by molar-refractivity contribution is -0.161. The van der Waals surface area contributed by atoms with Crippen LogP contribution in [0.3, 0.4) is 0 Å². The fourth-order valence-corrected chi connectivity index (χ4v) is 7.04. The molecule has 204 valence electrons. The van der Waals surface area contributed by atoms with Gasteiger partial charge in [-0.1, -0.05) is 66.7 Å². The summed E-state index contributed by atoms with van der Waals surface area (Å²) in [6.45, 7) is 2.88. The van der Waals surface area contributed by atoms with Gasteiger partial charge in [-0.05, 0) is 36.1 Å². The Morgan fingerprint density at radius 3 is 2.42 bits per heavy atom. The summed E-state index contributed by atoms with van der Waals surface area (Å²) in [4.78, 5) is 38.0. The van der Waals surface area contributed by atoms with Crippen LogP contribution in [0.1, 0.15) is 41.3 Å². The second kappa shape index (κ2) is 10.1. The summed E-state index contributed by atoms with van der Waals surface area (Å²) in [5.41, 5.74) is 5.32. The lowest BCUT2D eigenvalue weighted by atomic mass is 9.85. The van der Waals surface area contributed by atoms with Gasteiger partial charge < -0.3 is 19.5 Å². The number of benzene rings is 3. The fraction of sp³-hybridized carbons (Fsp3) is 0.333. The van der Waals surface area contributed by atoms with E-state index in [1.54, 1.807) is 7.11 Å². The number of likely N-dealkylation sites (tertiary alicyclic amines) is 1. The van der Waals surface area contributed by atoms with Gasteiger partial charge in [0.15, 0.2) is 0 Å². The second-order valence-corrected chi connectivity index (χ2v) is 11.2. The number of aromatic nitrogens is 1. The van der Waals surface area contributed by atoms with Crippen LogP contribution in [-0.2, 0) is 22.6 Å². The van der Waals surface area contributed by atoms with Crippen molar-refractivity contribution >= 4 is 22.7 Å². The van der Waals surface area contributed by atoms with E-state index in [0.29, 0.717) is 12.2 Å². The van der Waals surface area contributed by atoms with Crippen LogP contribution in [0.4, 0.5) is 0 Å². The number of nitrogens with one attached hydrogen (secondary N) is 1. The Bertz CT molecular complexity index is 1560. The van der Waals surface area contributed by atoms with Crippen LogP contribution in [0.25, 0.3) is 10.9 Å². The van der Waals surface area contributed by atoms with E-state index >= 15 is 0 Å². The maximum atomic E-state index is 14.3. The summed E-state index contributed by atoms with van der Waals surface area (Å²) in [6.07, 6.45) is 2.28. The summed E-state index contributed by atoms with van der Waals surface area (Å²) < 4.78 is 5.75. The lowest BCUT2D eigenvalue weighted by Crippen LogP contribution is -2.65. The molecule has 1 N–H and O–H groups in total. The molecular weight excluding hydrogens is 500 g/mol. The van der Waals surface area contributed by atoms with E-state index in [2.05, 4.69) is 46.3 Å². The molecule has 3 aromatic carbocycles. The van der Waals surface area contributed by atoms with Crippen molar-refractivity contribution in [2.75, 3.05) is 26.7 Å². The minimum absolute atomic E-state index is 0.00322. The van der Waals surface area contributed by atoms with E-state index in [9.17, 15) is 9.59 Å². The molecule has 3 aliphatic heterocycles. The van der Waals surface area contributed by atoms with Gasteiger partial charge in [0.25, 0.3) is 0 Å². The molecule has 1 aromatic heterocycles. The molecular formula is C33H34N4O3. The Morgan fingerprint density at radius 2 is 1.62 bits per heavy atom. The molecule has 7 rings (SSSR count). The lowest BCUT2D eigenvalue weighted by Gasteiger charge is -2.49. The number of carbonyl (C=O) groups is 2. The minimum Gasteiger partial charge on any atom is -0.496 e. The van der Waals surface area contributed by atoms with Gasteiger partial charge in [-0.2, -0.15) is 0 Å². The molecule has 0 saturated carbocycles. The number of ether oxygens (including phenoxy) is 1. The van der Waals surface area contributed by atoms with Crippen LogP contribution in [-0.4, -0.2) is 70.3 Å². The van der Waals surface area contributed by atoms with Crippen molar-refractivity contribution in [1.82, 2.24) is 19.7 Å². The topological polar surface area (TPSA) is 68.9 Å². The average Bonchev–Trinajstić information content (AvgIpc) is 3.37. The van der Waals surface area contributed by atoms with Gasteiger partial charge in [-0.15, -0.1) is 0 Å². The van der Waals surface area contributed by atoms with E-state index in [0.717, 1.165) is 60.2 Å². The Labute approximate surface area is 234 Å². The zero-order valence-corrected chi connectivity index (χ0v) is 22.8. The number of para-hydroxylation sites is 2. The molecule has 7 heteroatoms. The van der Waals surface area contributed by atoms with Crippen molar-refractivity contribution in [1.29, 1.82) is 0 Å². The number of aromatic amines is 1. The van der Waals surface area contributed by atoms with Crippen molar-refractivity contribution in [3.05, 3.63) is 101 Å². The molecule has 2 saturated heterocycles. The smallest absolute Gasteiger partial charge is 0.246 e. The van der Waals surface area contributed by atoms with Gasteiger partial charge in [0.05, 0.1) is 7.11 Å². The van der Waals surface area contributed by atoms with Crippen molar-refractivity contribution in [3.63, 3.8) is 0 Å². The average molecular weight is 535 g/mol. The summed E-state index contributed by atoms with van der Waals surface area (Å²) in [6, 6.07) is 25.7. The summed E-state index contributed by atoms with van der Waals surface area (Å²) in [5, 5.41) is 1.11. The highest BCUT2D eigenvalue weighted by atomic mass is 16.5. The number of nitrogens with zero attached hydrogens (tertiary/aromatic N) is 3. The molecule has 2 amide bonds. The molecule has 0 aliphatic carbocycles. The quantitative estimate of drug-likeness (QED) is 0.409. The Morgan fingerprint density at radius 1 is 0.900 bits per heavy atom. The molecule has 0 bridgehead atoms. The predicted molar refractivity (Wildman–Crippen MR) is 154 cm³/mol. The third kappa shape index (κ3) is 4.16. The number of amides is 2. The SMILES string of the molecule is COc1ccccc1[C@@H]1c2[nH]c3ccccc3c2C[C@H]2C(=O)N(C3CCN(Cc4ccccc4)CC3)CC(=O)N12. The first-order chi connectivity index (χ1) is 19.6. The van der Waals surface area contributed by atoms with Crippen LogP contribution < -0.4 is 4.74 Å². The van der Waals surface area contributed by atoms with Crippen LogP contribution >= 0.6 is 0 Å². The first-order valence-corrected chi connectivity index (χ1v) is 14.2. The van der Waals surface area contributed by atoms with Crippen LogP contribution in [0, 0.1) is 0 Å². The second-order valence-electron chi connectivity index (χ2n) is 11.2.